The summed E-state index contributed by atoms with van der Waals surface area (Å²) < 4.78 is 10.3. The molecule has 4 nitrogen and oxygen atoms in total. The lowest BCUT2D eigenvalue weighted by Crippen LogP contribution is -2.31. The van der Waals surface area contributed by atoms with Gasteiger partial charge in [-0.25, -0.2) is 0 Å². The second kappa shape index (κ2) is 7.01. The molecule has 100 valence electrons. The fraction of sp³-hybridized carbons (Fsp3) is 0.500. The maximum absolute atomic E-state index is 11.6. The normalized spacial score (nSPS) is 12.3. The summed E-state index contributed by atoms with van der Waals surface area (Å²) in [6.07, 6.45) is 0.0621. The van der Waals surface area contributed by atoms with Crippen LogP contribution in [0.5, 0.6) is 5.75 Å². The number of hydrogen-bond acceptors (Lipinski definition) is 3. The van der Waals surface area contributed by atoms with Gasteiger partial charge in [0.15, 0.2) is 0 Å². The van der Waals surface area contributed by atoms with Crippen LogP contribution in [0.4, 0.5) is 0 Å². The van der Waals surface area contributed by atoms with Gasteiger partial charge in [0.25, 0.3) is 0 Å². The Morgan fingerprint density at radius 1 is 1.22 bits per heavy atom. The molecule has 0 radical (unpaired) electrons. The van der Waals surface area contributed by atoms with Gasteiger partial charge in [-0.15, -0.1) is 0 Å². The first-order chi connectivity index (χ1) is 8.52. The third-order valence-corrected chi connectivity index (χ3v) is 2.54. The molecule has 1 N–H and O–H groups in total. The van der Waals surface area contributed by atoms with Crippen LogP contribution in [0.3, 0.4) is 0 Å². The van der Waals surface area contributed by atoms with E-state index in [9.17, 15) is 4.79 Å². The quantitative estimate of drug-likeness (QED) is 0.844. The van der Waals surface area contributed by atoms with Crippen LogP contribution in [-0.4, -0.2) is 25.7 Å². The highest BCUT2D eigenvalue weighted by Gasteiger charge is 2.10. The van der Waals surface area contributed by atoms with Crippen molar-refractivity contribution in [3.05, 3.63) is 29.8 Å². The molecule has 1 aromatic rings. The largest absolute Gasteiger partial charge is 0.497 e. The van der Waals surface area contributed by atoms with E-state index in [1.54, 1.807) is 7.11 Å². The Bertz CT molecular complexity index is 373. The second-order valence-electron chi connectivity index (χ2n) is 4.42. The van der Waals surface area contributed by atoms with E-state index >= 15 is 0 Å². The van der Waals surface area contributed by atoms with Crippen LogP contribution in [0.1, 0.15) is 32.4 Å². The van der Waals surface area contributed by atoms with Crippen molar-refractivity contribution in [3.63, 3.8) is 0 Å². The SMILES string of the molecule is COc1ccc([C@@H](C)NC(=O)COC(C)C)cc1. The topological polar surface area (TPSA) is 47.6 Å². The van der Waals surface area contributed by atoms with Crippen molar-refractivity contribution in [2.75, 3.05) is 13.7 Å². The average Bonchev–Trinajstić information content (AvgIpc) is 2.36. The molecule has 0 aliphatic rings. The molecule has 0 unspecified atom stereocenters. The monoisotopic (exact) mass is 251 g/mol. The van der Waals surface area contributed by atoms with E-state index in [1.807, 2.05) is 45.0 Å². The number of nitrogens with one attached hydrogen (secondary N) is 1. The zero-order chi connectivity index (χ0) is 13.5. The molecule has 1 atom stereocenters. The van der Waals surface area contributed by atoms with Gasteiger partial charge in [0.05, 0.1) is 19.3 Å². The molecule has 0 saturated heterocycles. The van der Waals surface area contributed by atoms with Crippen LogP contribution < -0.4 is 10.1 Å². The Morgan fingerprint density at radius 3 is 2.33 bits per heavy atom. The van der Waals surface area contributed by atoms with Gasteiger partial charge in [0.1, 0.15) is 12.4 Å². The van der Waals surface area contributed by atoms with Crippen molar-refractivity contribution in [3.8, 4) is 5.75 Å². The summed E-state index contributed by atoms with van der Waals surface area (Å²) >= 11 is 0. The Kier molecular flexibility index (Phi) is 5.65. The first-order valence-corrected chi connectivity index (χ1v) is 6.08. The summed E-state index contributed by atoms with van der Waals surface area (Å²) in [5, 5.41) is 2.88. The van der Waals surface area contributed by atoms with Crippen molar-refractivity contribution in [1.29, 1.82) is 0 Å². The van der Waals surface area contributed by atoms with Crippen molar-refractivity contribution < 1.29 is 14.3 Å². The molecule has 18 heavy (non-hydrogen) atoms. The number of methoxy groups -OCH3 is 1. The number of hydrogen-bond donors (Lipinski definition) is 1. The van der Waals surface area contributed by atoms with Gasteiger partial charge in [0.2, 0.25) is 5.91 Å². The van der Waals surface area contributed by atoms with E-state index in [-0.39, 0.29) is 24.7 Å². The standard InChI is InChI=1S/C14H21NO3/c1-10(2)18-9-14(16)15-11(3)12-5-7-13(17-4)8-6-12/h5-8,10-11H,9H2,1-4H3,(H,15,16)/t11-/m1/s1. The first kappa shape index (κ1) is 14.5. The van der Waals surface area contributed by atoms with E-state index in [1.165, 1.54) is 0 Å². The van der Waals surface area contributed by atoms with Crippen LogP contribution in [0.15, 0.2) is 24.3 Å². The van der Waals surface area contributed by atoms with Crippen LogP contribution in [-0.2, 0) is 9.53 Å². The maximum atomic E-state index is 11.6. The van der Waals surface area contributed by atoms with E-state index in [0.29, 0.717) is 0 Å². The van der Waals surface area contributed by atoms with Crippen LogP contribution in [0.2, 0.25) is 0 Å². The van der Waals surface area contributed by atoms with Gasteiger partial charge < -0.3 is 14.8 Å². The summed E-state index contributed by atoms with van der Waals surface area (Å²) in [5.74, 6) is 0.701. The van der Waals surface area contributed by atoms with Crippen molar-refractivity contribution in [1.82, 2.24) is 5.32 Å². The molecule has 0 aliphatic carbocycles. The third-order valence-electron chi connectivity index (χ3n) is 2.54. The third kappa shape index (κ3) is 4.75. The molecule has 1 aromatic carbocycles. The van der Waals surface area contributed by atoms with Gasteiger partial charge in [-0.05, 0) is 38.5 Å². The minimum atomic E-state index is -0.105. The summed E-state index contributed by atoms with van der Waals surface area (Å²) in [4.78, 5) is 11.6. The molecule has 0 spiro atoms. The second-order valence-corrected chi connectivity index (χ2v) is 4.42. The Labute approximate surface area is 108 Å². The van der Waals surface area contributed by atoms with Gasteiger partial charge in [-0.2, -0.15) is 0 Å². The predicted molar refractivity (Wildman–Crippen MR) is 70.6 cm³/mol. The summed E-state index contributed by atoms with van der Waals surface area (Å²) in [6.45, 7) is 5.84. The fourth-order valence-electron chi connectivity index (χ4n) is 1.50. The lowest BCUT2D eigenvalue weighted by atomic mass is 10.1. The number of carbonyl (C=O) groups is 1. The molecule has 1 rings (SSSR count). The smallest absolute Gasteiger partial charge is 0.246 e. The van der Waals surface area contributed by atoms with Gasteiger partial charge in [-0.1, -0.05) is 12.1 Å². The van der Waals surface area contributed by atoms with Crippen molar-refractivity contribution in [2.45, 2.75) is 32.9 Å². The number of amides is 1. The maximum Gasteiger partial charge on any atom is 0.246 e. The Morgan fingerprint density at radius 2 is 1.83 bits per heavy atom. The summed E-state index contributed by atoms with van der Waals surface area (Å²) in [5.41, 5.74) is 1.04. The summed E-state index contributed by atoms with van der Waals surface area (Å²) in [7, 11) is 1.63. The van der Waals surface area contributed by atoms with Gasteiger partial charge in [0, 0.05) is 0 Å². The number of carbonyl (C=O) groups excluding carboxylic acids is 1. The molecule has 0 saturated carbocycles. The average molecular weight is 251 g/mol. The molecular weight excluding hydrogens is 230 g/mol. The minimum absolute atomic E-state index is 0.0424. The molecule has 0 aliphatic heterocycles. The van der Waals surface area contributed by atoms with Crippen LogP contribution >= 0.6 is 0 Å². The van der Waals surface area contributed by atoms with Gasteiger partial charge in [-0.3, -0.25) is 4.79 Å². The zero-order valence-corrected chi connectivity index (χ0v) is 11.4. The predicted octanol–water partition coefficient (Wildman–Crippen LogP) is 2.30. The number of benzene rings is 1. The first-order valence-electron chi connectivity index (χ1n) is 6.08. The van der Waals surface area contributed by atoms with Crippen LogP contribution in [0.25, 0.3) is 0 Å². The van der Waals surface area contributed by atoms with Gasteiger partial charge >= 0.3 is 0 Å². The zero-order valence-electron chi connectivity index (χ0n) is 11.4. The molecule has 0 fully saturated rings. The Hall–Kier alpha value is -1.55. The molecule has 1 amide bonds. The molecule has 4 heteroatoms. The summed E-state index contributed by atoms with van der Waals surface area (Å²) in [6, 6.07) is 7.59. The highest BCUT2D eigenvalue weighted by Crippen LogP contribution is 2.17. The highest BCUT2D eigenvalue weighted by atomic mass is 16.5. The van der Waals surface area contributed by atoms with Crippen molar-refractivity contribution >= 4 is 5.91 Å². The molecule has 0 heterocycles. The van der Waals surface area contributed by atoms with E-state index in [2.05, 4.69) is 5.32 Å². The van der Waals surface area contributed by atoms with Crippen molar-refractivity contribution in [2.24, 2.45) is 0 Å². The van der Waals surface area contributed by atoms with E-state index in [4.69, 9.17) is 9.47 Å². The lowest BCUT2D eigenvalue weighted by molar-refractivity contribution is -0.127. The number of ether oxygens (including phenoxy) is 2. The highest BCUT2D eigenvalue weighted by molar-refractivity contribution is 5.77. The Balaban J connectivity index is 2.48. The fourth-order valence-corrected chi connectivity index (χ4v) is 1.50. The molecule has 0 bridgehead atoms. The number of rotatable bonds is 6. The minimum Gasteiger partial charge on any atom is -0.497 e. The molecular formula is C14H21NO3. The molecule has 0 aromatic heterocycles. The van der Waals surface area contributed by atoms with Crippen LogP contribution in [0, 0.1) is 0 Å². The van der Waals surface area contributed by atoms with E-state index < -0.39 is 0 Å². The van der Waals surface area contributed by atoms with E-state index in [0.717, 1.165) is 11.3 Å². The lowest BCUT2D eigenvalue weighted by Gasteiger charge is -2.15.